The Hall–Kier alpha value is -0.330. The van der Waals surface area contributed by atoms with Gasteiger partial charge in [0.05, 0.1) is 0 Å². The first-order valence-corrected chi connectivity index (χ1v) is 8.73. The van der Waals surface area contributed by atoms with E-state index < -0.39 is 0 Å². The van der Waals surface area contributed by atoms with Crippen LogP contribution in [0.3, 0.4) is 0 Å². The first-order chi connectivity index (χ1) is 9.22. The van der Waals surface area contributed by atoms with Crippen molar-refractivity contribution < 1.29 is 4.79 Å². The van der Waals surface area contributed by atoms with E-state index in [1.165, 1.54) is 38.5 Å². The molecule has 2 atom stereocenters. The molecule has 4 aliphatic rings. The lowest BCUT2D eigenvalue weighted by molar-refractivity contribution is -0.155. The summed E-state index contributed by atoms with van der Waals surface area (Å²) in [5.41, 5.74) is 1.48. The van der Waals surface area contributed by atoms with Crippen LogP contribution in [-0.2, 0) is 4.79 Å². The second-order valence-corrected chi connectivity index (χ2v) is 9.78. The van der Waals surface area contributed by atoms with Crippen molar-refractivity contribution in [2.75, 3.05) is 0 Å². The van der Waals surface area contributed by atoms with Crippen LogP contribution in [0.1, 0.15) is 85.5 Å². The number of Topliss-reactive ketones (excluding diaryl/α,β-unsaturated/α-hetero) is 1. The summed E-state index contributed by atoms with van der Waals surface area (Å²) in [7, 11) is 0. The molecule has 114 valence electrons. The zero-order valence-corrected chi connectivity index (χ0v) is 13.9. The molecule has 0 heterocycles. The number of hydrogen-bond donors (Lipinski definition) is 0. The Morgan fingerprint density at radius 3 is 2.15 bits per heavy atom. The molecule has 20 heavy (non-hydrogen) atoms. The molecule has 0 amide bonds. The third kappa shape index (κ3) is 2.70. The van der Waals surface area contributed by atoms with E-state index in [1.807, 2.05) is 0 Å². The molecule has 0 saturated heterocycles. The summed E-state index contributed by atoms with van der Waals surface area (Å²) in [6.07, 6.45) is 11.1. The van der Waals surface area contributed by atoms with Gasteiger partial charge in [-0.25, -0.2) is 0 Å². The number of carbonyl (C=O) groups is 1. The van der Waals surface area contributed by atoms with Gasteiger partial charge in [-0.05, 0) is 73.0 Å². The molecule has 4 saturated carbocycles. The van der Waals surface area contributed by atoms with Crippen molar-refractivity contribution in [3.63, 3.8) is 0 Å². The molecule has 4 rings (SSSR count). The van der Waals surface area contributed by atoms with Crippen LogP contribution in [0.15, 0.2) is 0 Å². The molecule has 0 aromatic heterocycles. The summed E-state index contributed by atoms with van der Waals surface area (Å²) >= 11 is 0. The molecule has 0 radical (unpaired) electrons. The zero-order chi connectivity index (χ0) is 14.6. The maximum Gasteiger partial charge on any atom is 0.133 e. The standard InChI is InChI=1S/C19H32O/c1-14(2)5-6-16(20)10-19-9-15-7-17(3,12-19)11-18(4,8-15)13-19/h14-15H,5-13H2,1-4H3. The second-order valence-electron chi connectivity index (χ2n) is 9.78. The lowest BCUT2D eigenvalue weighted by Crippen LogP contribution is -2.55. The maximum atomic E-state index is 12.4. The monoisotopic (exact) mass is 276 g/mol. The quantitative estimate of drug-likeness (QED) is 0.659. The van der Waals surface area contributed by atoms with Crippen molar-refractivity contribution in [3.05, 3.63) is 0 Å². The third-order valence-corrected chi connectivity index (χ3v) is 6.31. The van der Waals surface area contributed by atoms with E-state index in [9.17, 15) is 4.79 Å². The van der Waals surface area contributed by atoms with Crippen LogP contribution < -0.4 is 0 Å². The number of rotatable bonds is 5. The number of hydrogen-bond acceptors (Lipinski definition) is 1. The minimum Gasteiger partial charge on any atom is -0.300 e. The Balaban J connectivity index is 1.71. The summed E-state index contributed by atoms with van der Waals surface area (Å²) in [5, 5.41) is 0. The molecule has 0 aromatic carbocycles. The lowest BCUT2D eigenvalue weighted by atomic mass is 9.39. The highest BCUT2D eigenvalue weighted by Gasteiger charge is 2.60. The Kier molecular flexibility index (Phi) is 3.34. The van der Waals surface area contributed by atoms with E-state index in [-0.39, 0.29) is 0 Å². The molecule has 1 heteroatoms. The molecule has 0 aromatic rings. The van der Waals surface area contributed by atoms with Crippen LogP contribution in [-0.4, -0.2) is 5.78 Å². The normalized spacial score (nSPS) is 46.1. The summed E-state index contributed by atoms with van der Waals surface area (Å²) < 4.78 is 0. The van der Waals surface area contributed by atoms with E-state index in [1.54, 1.807) is 0 Å². The third-order valence-electron chi connectivity index (χ3n) is 6.31. The average Bonchev–Trinajstić information content (AvgIpc) is 2.20. The van der Waals surface area contributed by atoms with Crippen LogP contribution in [0, 0.1) is 28.1 Å². The fourth-order valence-corrected chi connectivity index (χ4v) is 6.84. The van der Waals surface area contributed by atoms with Gasteiger partial charge in [-0.15, -0.1) is 0 Å². The van der Waals surface area contributed by atoms with Crippen molar-refractivity contribution in [2.45, 2.75) is 85.5 Å². The second kappa shape index (κ2) is 4.58. The van der Waals surface area contributed by atoms with Gasteiger partial charge in [0.25, 0.3) is 0 Å². The first kappa shape index (κ1) is 14.6. The summed E-state index contributed by atoms with van der Waals surface area (Å²) in [6, 6.07) is 0. The molecule has 0 N–H and O–H groups in total. The average molecular weight is 276 g/mol. The molecule has 0 aliphatic heterocycles. The summed E-state index contributed by atoms with van der Waals surface area (Å²) in [6.45, 7) is 9.45. The Morgan fingerprint density at radius 2 is 1.65 bits per heavy atom. The summed E-state index contributed by atoms with van der Waals surface area (Å²) in [4.78, 5) is 12.4. The lowest BCUT2D eigenvalue weighted by Gasteiger charge is -2.65. The zero-order valence-electron chi connectivity index (χ0n) is 13.9. The highest BCUT2D eigenvalue weighted by Crippen LogP contribution is 2.70. The van der Waals surface area contributed by atoms with Crippen molar-refractivity contribution in [1.29, 1.82) is 0 Å². The fraction of sp³-hybridized carbons (Fsp3) is 0.947. The van der Waals surface area contributed by atoms with Gasteiger partial charge in [0.1, 0.15) is 5.78 Å². The SMILES string of the molecule is CC(C)CCC(=O)CC12CC3CC(C)(CC(C)(C3)C1)C2. The van der Waals surface area contributed by atoms with Gasteiger partial charge < -0.3 is 0 Å². The van der Waals surface area contributed by atoms with Crippen molar-refractivity contribution in [2.24, 2.45) is 28.1 Å². The Labute approximate surface area is 124 Å². The molecule has 2 unspecified atom stereocenters. The summed E-state index contributed by atoms with van der Waals surface area (Å²) in [5.74, 6) is 2.12. The minimum atomic E-state index is 0.386. The predicted molar refractivity (Wildman–Crippen MR) is 83.5 cm³/mol. The van der Waals surface area contributed by atoms with E-state index in [0.717, 1.165) is 25.2 Å². The highest BCUT2D eigenvalue weighted by molar-refractivity contribution is 5.79. The van der Waals surface area contributed by atoms with Gasteiger partial charge >= 0.3 is 0 Å². The number of ketones is 1. The molecule has 4 bridgehead atoms. The fourth-order valence-electron chi connectivity index (χ4n) is 6.84. The molecule has 4 fully saturated rings. The van der Waals surface area contributed by atoms with Crippen LogP contribution in [0.4, 0.5) is 0 Å². The smallest absolute Gasteiger partial charge is 0.133 e. The van der Waals surface area contributed by atoms with Gasteiger partial charge in [0.15, 0.2) is 0 Å². The van der Waals surface area contributed by atoms with Crippen LogP contribution in [0.25, 0.3) is 0 Å². The van der Waals surface area contributed by atoms with Gasteiger partial charge in [0.2, 0.25) is 0 Å². The molecular formula is C19H32O. The molecule has 1 nitrogen and oxygen atoms in total. The van der Waals surface area contributed by atoms with Gasteiger partial charge in [-0.1, -0.05) is 27.7 Å². The van der Waals surface area contributed by atoms with Gasteiger partial charge in [-0.3, -0.25) is 4.79 Å². The van der Waals surface area contributed by atoms with Gasteiger partial charge in [-0.2, -0.15) is 0 Å². The highest BCUT2D eigenvalue weighted by atomic mass is 16.1. The molecule has 4 aliphatic carbocycles. The Morgan fingerprint density at radius 1 is 1.05 bits per heavy atom. The molecular weight excluding hydrogens is 244 g/mol. The van der Waals surface area contributed by atoms with E-state index in [0.29, 0.717) is 27.9 Å². The van der Waals surface area contributed by atoms with Crippen molar-refractivity contribution in [1.82, 2.24) is 0 Å². The number of carbonyl (C=O) groups excluding carboxylic acids is 1. The van der Waals surface area contributed by atoms with E-state index >= 15 is 0 Å². The minimum absolute atomic E-state index is 0.386. The van der Waals surface area contributed by atoms with Crippen molar-refractivity contribution in [3.8, 4) is 0 Å². The molecule has 0 spiro atoms. The van der Waals surface area contributed by atoms with Crippen LogP contribution in [0.2, 0.25) is 0 Å². The van der Waals surface area contributed by atoms with Gasteiger partial charge in [0, 0.05) is 12.8 Å². The van der Waals surface area contributed by atoms with Crippen molar-refractivity contribution >= 4 is 5.78 Å². The van der Waals surface area contributed by atoms with Crippen LogP contribution >= 0.6 is 0 Å². The maximum absolute atomic E-state index is 12.4. The first-order valence-electron chi connectivity index (χ1n) is 8.73. The predicted octanol–water partition coefficient (Wildman–Crippen LogP) is 5.38. The topological polar surface area (TPSA) is 17.1 Å². The van der Waals surface area contributed by atoms with Crippen LogP contribution in [0.5, 0.6) is 0 Å². The largest absolute Gasteiger partial charge is 0.300 e. The van der Waals surface area contributed by atoms with E-state index in [4.69, 9.17) is 0 Å². The van der Waals surface area contributed by atoms with E-state index in [2.05, 4.69) is 27.7 Å². The Bertz CT molecular complexity index is 390.